The Morgan fingerprint density at radius 1 is 0.885 bits per heavy atom. The molecular formula is C23H28N2O. The molecule has 2 aromatic carbocycles. The maximum absolute atomic E-state index is 12.6. The van der Waals surface area contributed by atoms with Gasteiger partial charge in [-0.2, -0.15) is 0 Å². The minimum Gasteiger partial charge on any atom is -0.339 e. The number of carbonyl (C=O) groups is 1. The molecule has 0 aliphatic carbocycles. The Hall–Kier alpha value is -2.13. The van der Waals surface area contributed by atoms with Crippen molar-refractivity contribution in [3.05, 3.63) is 54.1 Å². The van der Waals surface area contributed by atoms with Gasteiger partial charge in [-0.1, -0.05) is 48.9 Å². The Bertz CT molecular complexity index is 778. The van der Waals surface area contributed by atoms with Gasteiger partial charge in [-0.05, 0) is 61.2 Å². The summed E-state index contributed by atoms with van der Waals surface area (Å²) in [5, 5.41) is 2.41. The van der Waals surface area contributed by atoms with E-state index in [4.69, 9.17) is 0 Å². The maximum atomic E-state index is 12.6. The molecule has 2 aliphatic rings. The third-order valence-corrected chi connectivity index (χ3v) is 5.91. The molecule has 0 unspecified atom stereocenters. The molecule has 0 saturated carbocycles. The first kappa shape index (κ1) is 17.3. The van der Waals surface area contributed by atoms with E-state index in [1.165, 1.54) is 43.1 Å². The third-order valence-electron chi connectivity index (χ3n) is 5.91. The molecule has 2 heterocycles. The summed E-state index contributed by atoms with van der Waals surface area (Å²) in [4.78, 5) is 17.3. The van der Waals surface area contributed by atoms with Crippen molar-refractivity contribution in [2.45, 2.75) is 38.1 Å². The number of piperidine rings is 2. The number of likely N-dealkylation sites (tertiary alicyclic amines) is 2. The van der Waals surface area contributed by atoms with Crippen LogP contribution in [0.15, 0.2) is 48.5 Å². The number of benzene rings is 2. The highest BCUT2D eigenvalue weighted by atomic mass is 16.2. The van der Waals surface area contributed by atoms with Gasteiger partial charge in [0, 0.05) is 25.2 Å². The molecule has 0 radical (unpaired) electrons. The van der Waals surface area contributed by atoms with Gasteiger partial charge < -0.3 is 9.80 Å². The Kier molecular flexibility index (Phi) is 5.35. The van der Waals surface area contributed by atoms with Gasteiger partial charge >= 0.3 is 0 Å². The molecule has 2 aliphatic heterocycles. The summed E-state index contributed by atoms with van der Waals surface area (Å²) in [6.45, 7) is 4.28. The Morgan fingerprint density at radius 3 is 2.42 bits per heavy atom. The largest absolute Gasteiger partial charge is 0.339 e. The van der Waals surface area contributed by atoms with Crippen LogP contribution in [0.2, 0.25) is 0 Å². The van der Waals surface area contributed by atoms with E-state index >= 15 is 0 Å². The fourth-order valence-corrected chi connectivity index (χ4v) is 4.40. The molecule has 0 N–H and O–H groups in total. The molecule has 3 nitrogen and oxygen atoms in total. The van der Waals surface area contributed by atoms with Crippen LogP contribution in [0.5, 0.6) is 0 Å². The molecule has 0 spiro atoms. The number of hydrogen-bond acceptors (Lipinski definition) is 2. The highest BCUT2D eigenvalue weighted by Crippen LogP contribution is 2.22. The minimum absolute atomic E-state index is 0.148. The summed E-state index contributed by atoms with van der Waals surface area (Å²) in [7, 11) is 0. The van der Waals surface area contributed by atoms with Crippen LogP contribution >= 0.6 is 0 Å². The predicted octanol–water partition coefficient (Wildman–Crippen LogP) is 4.33. The molecule has 0 aromatic heterocycles. The van der Waals surface area contributed by atoms with Crippen LogP contribution < -0.4 is 0 Å². The third kappa shape index (κ3) is 3.83. The van der Waals surface area contributed by atoms with Crippen LogP contribution in [0.1, 0.15) is 37.7 Å². The molecule has 26 heavy (non-hydrogen) atoms. The van der Waals surface area contributed by atoms with Crippen molar-refractivity contribution in [3.8, 4) is 0 Å². The van der Waals surface area contributed by atoms with Gasteiger partial charge in [0.25, 0.3) is 0 Å². The molecule has 3 heteroatoms. The lowest BCUT2D eigenvalue weighted by Crippen LogP contribution is -2.47. The van der Waals surface area contributed by atoms with E-state index in [1.807, 2.05) is 23.1 Å². The summed E-state index contributed by atoms with van der Waals surface area (Å²) >= 11 is 0. The van der Waals surface area contributed by atoms with E-state index in [9.17, 15) is 4.79 Å². The standard InChI is InChI=1S/C23H28N2O/c26-23(12-11-20-9-6-8-19-7-2-3-10-22(19)20)25-17-13-21(14-18-25)24-15-4-1-5-16-24/h2-3,6-12,21H,1,4-5,13-18H2/b12-11+. The Balaban J connectivity index is 1.37. The number of rotatable bonds is 3. The smallest absolute Gasteiger partial charge is 0.246 e. The second kappa shape index (κ2) is 8.05. The number of nitrogens with zero attached hydrogens (tertiary/aromatic N) is 2. The van der Waals surface area contributed by atoms with Crippen LogP contribution in [0, 0.1) is 0 Å². The fraction of sp³-hybridized carbons (Fsp3) is 0.435. The van der Waals surface area contributed by atoms with Gasteiger partial charge in [-0.3, -0.25) is 4.79 Å². The Labute approximate surface area is 156 Å². The zero-order valence-electron chi connectivity index (χ0n) is 15.4. The Morgan fingerprint density at radius 2 is 1.62 bits per heavy atom. The first-order valence-corrected chi connectivity index (χ1v) is 10.00. The van der Waals surface area contributed by atoms with E-state index < -0.39 is 0 Å². The molecule has 2 aromatic rings. The summed E-state index contributed by atoms with van der Waals surface area (Å²) in [6, 6.07) is 15.2. The minimum atomic E-state index is 0.148. The molecule has 4 rings (SSSR count). The SMILES string of the molecule is O=C(/C=C/c1cccc2ccccc12)N1CCC(N2CCCCC2)CC1. The first-order valence-electron chi connectivity index (χ1n) is 10.00. The number of fused-ring (bicyclic) bond motifs is 1. The summed E-state index contributed by atoms with van der Waals surface area (Å²) in [5.41, 5.74) is 1.11. The zero-order valence-corrected chi connectivity index (χ0v) is 15.4. The second-order valence-electron chi connectivity index (χ2n) is 7.55. The van der Waals surface area contributed by atoms with Gasteiger partial charge in [0.05, 0.1) is 0 Å². The van der Waals surface area contributed by atoms with Crippen molar-refractivity contribution in [3.63, 3.8) is 0 Å². The van der Waals surface area contributed by atoms with Crippen molar-refractivity contribution >= 4 is 22.8 Å². The predicted molar refractivity (Wildman–Crippen MR) is 108 cm³/mol. The van der Waals surface area contributed by atoms with E-state index in [1.54, 1.807) is 6.08 Å². The van der Waals surface area contributed by atoms with Crippen molar-refractivity contribution in [1.82, 2.24) is 9.80 Å². The van der Waals surface area contributed by atoms with Crippen molar-refractivity contribution in [1.29, 1.82) is 0 Å². The van der Waals surface area contributed by atoms with Crippen LogP contribution in [0.3, 0.4) is 0 Å². The van der Waals surface area contributed by atoms with Gasteiger partial charge in [-0.15, -0.1) is 0 Å². The average Bonchev–Trinajstić information content (AvgIpc) is 2.73. The van der Waals surface area contributed by atoms with E-state index in [0.29, 0.717) is 6.04 Å². The molecule has 1 amide bonds. The number of amides is 1. The first-order chi connectivity index (χ1) is 12.8. The maximum Gasteiger partial charge on any atom is 0.246 e. The molecular weight excluding hydrogens is 320 g/mol. The summed E-state index contributed by atoms with van der Waals surface area (Å²) < 4.78 is 0. The van der Waals surface area contributed by atoms with Crippen LogP contribution in [0.4, 0.5) is 0 Å². The van der Waals surface area contributed by atoms with Gasteiger partial charge in [-0.25, -0.2) is 0 Å². The normalized spacial score (nSPS) is 20.1. The fourth-order valence-electron chi connectivity index (χ4n) is 4.40. The van der Waals surface area contributed by atoms with Crippen molar-refractivity contribution in [2.75, 3.05) is 26.2 Å². The number of carbonyl (C=O) groups excluding carboxylic acids is 1. The van der Waals surface area contributed by atoms with Crippen molar-refractivity contribution < 1.29 is 4.79 Å². The molecule has 0 bridgehead atoms. The van der Waals surface area contributed by atoms with Gasteiger partial charge in [0.2, 0.25) is 5.91 Å². The highest BCUT2D eigenvalue weighted by Gasteiger charge is 2.26. The lowest BCUT2D eigenvalue weighted by molar-refractivity contribution is -0.127. The molecule has 2 fully saturated rings. The van der Waals surface area contributed by atoms with Gasteiger partial charge in [0.15, 0.2) is 0 Å². The van der Waals surface area contributed by atoms with Crippen molar-refractivity contribution in [2.24, 2.45) is 0 Å². The molecule has 2 saturated heterocycles. The van der Waals surface area contributed by atoms with Crippen LogP contribution in [-0.2, 0) is 4.79 Å². The van der Waals surface area contributed by atoms with Gasteiger partial charge in [0.1, 0.15) is 0 Å². The van der Waals surface area contributed by atoms with E-state index in [2.05, 4.69) is 35.2 Å². The van der Waals surface area contributed by atoms with E-state index in [-0.39, 0.29) is 5.91 Å². The quantitative estimate of drug-likeness (QED) is 0.771. The monoisotopic (exact) mass is 348 g/mol. The van der Waals surface area contributed by atoms with Crippen LogP contribution in [0.25, 0.3) is 16.8 Å². The second-order valence-corrected chi connectivity index (χ2v) is 7.55. The highest BCUT2D eigenvalue weighted by molar-refractivity contribution is 5.96. The molecule has 0 atom stereocenters. The molecule has 136 valence electrons. The average molecular weight is 348 g/mol. The topological polar surface area (TPSA) is 23.6 Å². The lowest BCUT2D eigenvalue weighted by Gasteiger charge is -2.40. The van der Waals surface area contributed by atoms with Crippen LogP contribution in [-0.4, -0.2) is 47.9 Å². The number of hydrogen-bond donors (Lipinski definition) is 0. The summed E-state index contributed by atoms with van der Waals surface area (Å²) in [6.07, 6.45) is 10.0. The summed E-state index contributed by atoms with van der Waals surface area (Å²) in [5.74, 6) is 0.148. The lowest BCUT2D eigenvalue weighted by atomic mass is 9.99. The zero-order chi connectivity index (χ0) is 17.8. The van der Waals surface area contributed by atoms with E-state index in [0.717, 1.165) is 31.5 Å².